The zero-order valence-corrected chi connectivity index (χ0v) is 16.6. The van der Waals surface area contributed by atoms with Crippen molar-refractivity contribution in [3.05, 3.63) is 58.3 Å². The third-order valence-electron chi connectivity index (χ3n) is 5.64. The number of aryl methyl sites for hydroxylation is 1. The van der Waals surface area contributed by atoms with E-state index >= 15 is 0 Å². The second-order valence-electron chi connectivity index (χ2n) is 7.69. The lowest BCUT2D eigenvalue weighted by Crippen LogP contribution is -2.39. The van der Waals surface area contributed by atoms with E-state index < -0.39 is 0 Å². The molecule has 152 valence electrons. The average molecular weight is 394 g/mol. The Morgan fingerprint density at radius 1 is 1.28 bits per heavy atom. The smallest absolute Gasteiger partial charge is 0.254 e. The van der Waals surface area contributed by atoms with E-state index in [1.165, 1.54) is 6.07 Å². The molecule has 2 aromatic heterocycles. The van der Waals surface area contributed by atoms with Crippen molar-refractivity contribution in [2.75, 3.05) is 6.54 Å². The Morgan fingerprint density at radius 3 is 2.90 bits per heavy atom. The maximum atomic E-state index is 13.0. The normalized spacial score (nSPS) is 17.0. The molecule has 3 heterocycles. The molecule has 0 radical (unpaired) electrons. The van der Waals surface area contributed by atoms with Gasteiger partial charge in [0.15, 0.2) is 0 Å². The first-order chi connectivity index (χ1) is 14.0. The first-order valence-corrected chi connectivity index (χ1v) is 10.2. The number of piperidine rings is 1. The lowest BCUT2D eigenvalue weighted by molar-refractivity contribution is -0.135. The summed E-state index contributed by atoms with van der Waals surface area (Å²) in [5.41, 5.74) is 2.36. The summed E-state index contributed by atoms with van der Waals surface area (Å²) in [6, 6.07) is 10.6. The Balaban J connectivity index is 1.44. The number of carbonyl (C=O) groups is 1. The van der Waals surface area contributed by atoms with E-state index in [9.17, 15) is 14.7 Å². The Labute approximate surface area is 169 Å². The molecule has 1 unspecified atom stereocenters. The predicted octanol–water partition coefficient (Wildman–Crippen LogP) is 3.27. The standard InChI is InChI=1S/C22H26N4O3/c1-15-13-16(27)14-21(29)25(15)12-6-10-20(28)26-11-5-4-9-19(26)22-23-17-7-2-3-8-18(17)24-22/h2-3,7-8,13-14,19,27H,4-6,9-12H2,1H3,(H,23,24). The van der Waals surface area contributed by atoms with Crippen LogP contribution in [0.2, 0.25) is 0 Å². The van der Waals surface area contributed by atoms with Gasteiger partial charge in [-0.2, -0.15) is 0 Å². The van der Waals surface area contributed by atoms with Gasteiger partial charge in [0.25, 0.3) is 5.56 Å². The number of nitrogens with zero attached hydrogens (tertiary/aromatic N) is 3. The highest BCUT2D eigenvalue weighted by molar-refractivity contribution is 5.78. The number of rotatable bonds is 5. The van der Waals surface area contributed by atoms with Crippen molar-refractivity contribution in [1.29, 1.82) is 0 Å². The molecule has 1 saturated heterocycles. The van der Waals surface area contributed by atoms with Gasteiger partial charge in [0.2, 0.25) is 5.91 Å². The van der Waals surface area contributed by atoms with Gasteiger partial charge in [0.1, 0.15) is 11.6 Å². The number of carbonyl (C=O) groups excluding carboxylic acids is 1. The summed E-state index contributed by atoms with van der Waals surface area (Å²) in [6.45, 7) is 2.98. The molecule has 1 aromatic carbocycles. The zero-order valence-electron chi connectivity index (χ0n) is 16.6. The van der Waals surface area contributed by atoms with Crippen LogP contribution in [0.1, 0.15) is 49.7 Å². The SMILES string of the molecule is Cc1cc(O)cc(=O)n1CCCC(=O)N1CCCCC1c1nc2ccccc2[nH]1. The average Bonchev–Trinajstić information content (AvgIpc) is 3.14. The fourth-order valence-corrected chi connectivity index (χ4v) is 4.18. The number of imidazole rings is 1. The molecular weight excluding hydrogens is 368 g/mol. The van der Waals surface area contributed by atoms with Crippen molar-refractivity contribution in [3.63, 3.8) is 0 Å². The maximum Gasteiger partial charge on any atom is 0.254 e. The second-order valence-corrected chi connectivity index (χ2v) is 7.69. The number of hydrogen-bond acceptors (Lipinski definition) is 4. The molecule has 4 rings (SSSR count). The highest BCUT2D eigenvalue weighted by atomic mass is 16.3. The number of pyridine rings is 1. The molecular formula is C22H26N4O3. The molecule has 1 aliphatic rings. The zero-order chi connectivity index (χ0) is 20.4. The van der Waals surface area contributed by atoms with Crippen molar-refractivity contribution in [2.45, 2.75) is 51.6 Å². The number of para-hydroxylation sites is 2. The van der Waals surface area contributed by atoms with E-state index in [-0.39, 0.29) is 23.3 Å². The number of aromatic nitrogens is 3. The van der Waals surface area contributed by atoms with Crippen LogP contribution in [0, 0.1) is 6.92 Å². The summed E-state index contributed by atoms with van der Waals surface area (Å²) in [4.78, 5) is 35.0. The number of nitrogens with one attached hydrogen (secondary N) is 1. The van der Waals surface area contributed by atoms with Gasteiger partial charge in [0, 0.05) is 31.3 Å². The highest BCUT2D eigenvalue weighted by Gasteiger charge is 2.29. The molecule has 29 heavy (non-hydrogen) atoms. The summed E-state index contributed by atoms with van der Waals surface area (Å²) in [5.74, 6) is 0.923. The van der Waals surface area contributed by atoms with Crippen LogP contribution in [0.3, 0.4) is 0 Å². The van der Waals surface area contributed by atoms with Crippen LogP contribution in [-0.4, -0.2) is 37.0 Å². The van der Waals surface area contributed by atoms with Crippen molar-refractivity contribution in [3.8, 4) is 5.75 Å². The minimum Gasteiger partial charge on any atom is -0.508 e. The van der Waals surface area contributed by atoms with Gasteiger partial charge in [-0.25, -0.2) is 4.98 Å². The molecule has 7 nitrogen and oxygen atoms in total. The fourth-order valence-electron chi connectivity index (χ4n) is 4.18. The Morgan fingerprint density at radius 2 is 2.10 bits per heavy atom. The van der Waals surface area contributed by atoms with Gasteiger partial charge in [-0.05, 0) is 50.8 Å². The third-order valence-corrected chi connectivity index (χ3v) is 5.64. The molecule has 0 bridgehead atoms. The van der Waals surface area contributed by atoms with Crippen LogP contribution in [0.25, 0.3) is 11.0 Å². The van der Waals surface area contributed by atoms with Crippen molar-refractivity contribution < 1.29 is 9.90 Å². The molecule has 2 N–H and O–H groups in total. The minimum absolute atomic E-state index is 0.0261. The number of amides is 1. The number of H-pyrrole nitrogens is 1. The molecule has 1 atom stereocenters. The molecule has 1 amide bonds. The lowest BCUT2D eigenvalue weighted by atomic mass is 10.0. The van der Waals surface area contributed by atoms with Crippen LogP contribution < -0.4 is 5.56 Å². The Hall–Kier alpha value is -3.09. The van der Waals surface area contributed by atoms with Gasteiger partial charge in [-0.1, -0.05) is 12.1 Å². The highest BCUT2D eigenvalue weighted by Crippen LogP contribution is 2.31. The van der Waals surface area contributed by atoms with Crippen molar-refractivity contribution >= 4 is 16.9 Å². The lowest BCUT2D eigenvalue weighted by Gasteiger charge is -2.34. The molecule has 7 heteroatoms. The van der Waals surface area contributed by atoms with Crippen molar-refractivity contribution in [1.82, 2.24) is 19.4 Å². The molecule has 3 aromatic rings. The second kappa shape index (κ2) is 8.11. The summed E-state index contributed by atoms with van der Waals surface area (Å²) in [7, 11) is 0. The van der Waals surface area contributed by atoms with E-state index in [1.54, 1.807) is 17.6 Å². The van der Waals surface area contributed by atoms with E-state index in [0.717, 1.165) is 42.7 Å². The van der Waals surface area contributed by atoms with Gasteiger partial charge in [0.05, 0.1) is 17.1 Å². The molecule has 1 fully saturated rings. The first kappa shape index (κ1) is 19.2. The molecule has 0 saturated carbocycles. The van der Waals surface area contributed by atoms with Crippen LogP contribution in [0.15, 0.2) is 41.2 Å². The Kier molecular flexibility index (Phi) is 5.38. The van der Waals surface area contributed by atoms with Gasteiger partial charge in [-0.15, -0.1) is 0 Å². The number of aromatic amines is 1. The minimum atomic E-state index is -0.243. The van der Waals surface area contributed by atoms with Crippen LogP contribution in [0.5, 0.6) is 5.75 Å². The van der Waals surface area contributed by atoms with E-state index in [1.807, 2.05) is 29.2 Å². The summed E-state index contributed by atoms with van der Waals surface area (Å²) < 4.78 is 1.60. The van der Waals surface area contributed by atoms with Gasteiger partial charge < -0.3 is 19.6 Å². The summed E-state index contributed by atoms with van der Waals surface area (Å²) >= 11 is 0. The van der Waals surface area contributed by atoms with E-state index in [4.69, 9.17) is 4.98 Å². The van der Waals surface area contributed by atoms with Crippen LogP contribution in [-0.2, 0) is 11.3 Å². The van der Waals surface area contributed by atoms with E-state index in [0.29, 0.717) is 25.1 Å². The Bertz CT molecular complexity index is 1050. The first-order valence-electron chi connectivity index (χ1n) is 10.2. The number of aromatic hydroxyl groups is 1. The summed E-state index contributed by atoms with van der Waals surface area (Å²) in [6.07, 6.45) is 3.94. The summed E-state index contributed by atoms with van der Waals surface area (Å²) in [5, 5.41) is 9.51. The monoisotopic (exact) mass is 394 g/mol. The number of fused-ring (bicyclic) bond motifs is 1. The van der Waals surface area contributed by atoms with Gasteiger partial charge in [-0.3, -0.25) is 9.59 Å². The predicted molar refractivity (Wildman–Crippen MR) is 111 cm³/mol. The number of benzene rings is 1. The van der Waals surface area contributed by atoms with Crippen molar-refractivity contribution in [2.24, 2.45) is 0 Å². The number of likely N-dealkylation sites (tertiary alicyclic amines) is 1. The quantitative estimate of drug-likeness (QED) is 0.695. The third kappa shape index (κ3) is 4.04. The number of hydrogen-bond donors (Lipinski definition) is 2. The fraction of sp³-hybridized carbons (Fsp3) is 0.409. The molecule has 0 spiro atoms. The van der Waals surface area contributed by atoms with Crippen LogP contribution in [0.4, 0.5) is 0 Å². The topological polar surface area (TPSA) is 91.2 Å². The van der Waals surface area contributed by atoms with E-state index in [2.05, 4.69) is 4.98 Å². The molecule has 1 aliphatic heterocycles. The largest absolute Gasteiger partial charge is 0.508 e. The van der Waals surface area contributed by atoms with Crippen LogP contribution >= 0.6 is 0 Å². The van der Waals surface area contributed by atoms with Gasteiger partial charge >= 0.3 is 0 Å². The molecule has 0 aliphatic carbocycles. The maximum absolute atomic E-state index is 13.0.